The topological polar surface area (TPSA) is 85.5 Å². The molecule has 29 heavy (non-hydrogen) atoms. The summed E-state index contributed by atoms with van der Waals surface area (Å²) >= 11 is 0. The molecule has 1 aliphatic heterocycles. The third kappa shape index (κ3) is 4.18. The second kappa shape index (κ2) is 8.34. The Bertz CT molecular complexity index is 1070. The van der Waals surface area contributed by atoms with Crippen LogP contribution >= 0.6 is 0 Å². The molecule has 1 aliphatic rings. The zero-order valence-corrected chi connectivity index (χ0v) is 17.1. The van der Waals surface area contributed by atoms with Gasteiger partial charge in [0.1, 0.15) is 5.75 Å². The van der Waals surface area contributed by atoms with Crippen molar-refractivity contribution in [2.45, 2.75) is 30.6 Å². The van der Waals surface area contributed by atoms with Gasteiger partial charge in [-0.3, -0.25) is 0 Å². The monoisotopic (exact) mass is 413 g/mol. The SMILES string of the molecule is COc1ccc(-c2nnc(-c3cccc(S(=O)(=O)N4CCCCCC4)c3)o2)cc1. The first kappa shape index (κ1) is 19.6. The molecule has 2 heterocycles. The van der Waals surface area contributed by atoms with E-state index >= 15 is 0 Å². The maximum absolute atomic E-state index is 13.1. The fourth-order valence-corrected chi connectivity index (χ4v) is 4.97. The summed E-state index contributed by atoms with van der Waals surface area (Å²) in [6, 6.07) is 14.0. The minimum Gasteiger partial charge on any atom is -0.497 e. The van der Waals surface area contributed by atoms with Gasteiger partial charge in [0.2, 0.25) is 21.8 Å². The molecule has 0 bridgehead atoms. The van der Waals surface area contributed by atoms with E-state index in [1.165, 1.54) is 0 Å². The Morgan fingerprint density at radius 1 is 0.897 bits per heavy atom. The number of sulfonamides is 1. The predicted octanol–water partition coefficient (Wildman–Crippen LogP) is 3.98. The molecular weight excluding hydrogens is 390 g/mol. The van der Waals surface area contributed by atoms with Crippen molar-refractivity contribution >= 4 is 10.0 Å². The second-order valence-corrected chi connectivity index (χ2v) is 8.92. The van der Waals surface area contributed by atoms with E-state index in [4.69, 9.17) is 9.15 Å². The smallest absolute Gasteiger partial charge is 0.248 e. The van der Waals surface area contributed by atoms with E-state index < -0.39 is 10.0 Å². The largest absolute Gasteiger partial charge is 0.497 e. The molecular formula is C21H23N3O4S. The van der Waals surface area contributed by atoms with Crippen LogP contribution in [0.5, 0.6) is 5.75 Å². The van der Waals surface area contributed by atoms with Crippen molar-refractivity contribution in [3.8, 4) is 28.7 Å². The highest BCUT2D eigenvalue weighted by Gasteiger charge is 2.25. The van der Waals surface area contributed by atoms with E-state index in [0.717, 1.165) is 37.0 Å². The van der Waals surface area contributed by atoms with Crippen LogP contribution in [-0.4, -0.2) is 43.1 Å². The number of nitrogens with zero attached hydrogens (tertiary/aromatic N) is 3. The summed E-state index contributed by atoms with van der Waals surface area (Å²) in [6.07, 6.45) is 3.94. The highest BCUT2D eigenvalue weighted by atomic mass is 32.2. The van der Waals surface area contributed by atoms with E-state index in [-0.39, 0.29) is 10.8 Å². The standard InChI is InChI=1S/C21H23N3O4S/c1-27-18-11-9-16(10-12-18)20-22-23-21(28-20)17-7-6-8-19(15-17)29(25,26)24-13-4-2-3-5-14-24/h6-12,15H,2-5,13-14H2,1H3. The van der Waals surface area contributed by atoms with Crippen LogP contribution in [0, 0.1) is 0 Å². The first-order chi connectivity index (χ1) is 14.1. The molecule has 0 amide bonds. The van der Waals surface area contributed by atoms with Gasteiger partial charge in [-0.05, 0) is 55.3 Å². The maximum Gasteiger partial charge on any atom is 0.248 e. The Labute approximate surface area is 170 Å². The Kier molecular flexibility index (Phi) is 5.64. The van der Waals surface area contributed by atoms with E-state index in [1.807, 2.05) is 24.3 Å². The summed E-state index contributed by atoms with van der Waals surface area (Å²) in [7, 11) is -1.94. The molecule has 0 N–H and O–H groups in total. The highest BCUT2D eigenvalue weighted by Crippen LogP contribution is 2.28. The fraction of sp³-hybridized carbons (Fsp3) is 0.333. The summed E-state index contributed by atoms with van der Waals surface area (Å²) in [5, 5.41) is 8.19. The van der Waals surface area contributed by atoms with E-state index in [9.17, 15) is 8.42 Å². The van der Waals surface area contributed by atoms with Crippen molar-refractivity contribution in [1.29, 1.82) is 0 Å². The summed E-state index contributed by atoms with van der Waals surface area (Å²) in [5.74, 6) is 1.38. The van der Waals surface area contributed by atoms with Crippen molar-refractivity contribution in [3.05, 3.63) is 48.5 Å². The fourth-order valence-electron chi connectivity index (χ4n) is 3.41. The van der Waals surface area contributed by atoms with Gasteiger partial charge < -0.3 is 9.15 Å². The molecule has 7 nitrogen and oxygen atoms in total. The van der Waals surface area contributed by atoms with Gasteiger partial charge in [0, 0.05) is 24.2 Å². The van der Waals surface area contributed by atoms with Gasteiger partial charge in [-0.25, -0.2) is 8.42 Å². The van der Waals surface area contributed by atoms with Gasteiger partial charge in [0.15, 0.2) is 0 Å². The normalized spacial score (nSPS) is 15.8. The van der Waals surface area contributed by atoms with Gasteiger partial charge in [0.25, 0.3) is 0 Å². The Balaban J connectivity index is 1.61. The molecule has 0 unspecified atom stereocenters. The van der Waals surface area contributed by atoms with Crippen LogP contribution in [0.1, 0.15) is 25.7 Å². The summed E-state index contributed by atoms with van der Waals surface area (Å²) < 4.78 is 38.6. The Morgan fingerprint density at radius 2 is 1.55 bits per heavy atom. The average Bonchev–Trinajstić information content (AvgIpc) is 3.08. The molecule has 8 heteroatoms. The summed E-state index contributed by atoms with van der Waals surface area (Å²) in [6.45, 7) is 1.13. The van der Waals surface area contributed by atoms with E-state index in [0.29, 0.717) is 24.5 Å². The van der Waals surface area contributed by atoms with Crippen LogP contribution in [0.25, 0.3) is 22.9 Å². The van der Waals surface area contributed by atoms with Gasteiger partial charge in [-0.15, -0.1) is 10.2 Å². The van der Waals surface area contributed by atoms with Gasteiger partial charge in [0.05, 0.1) is 12.0 Å². The second-order valence-electron chi connectivity index (χ2n) is 6.99. The maximum atomic E-state index is 13.1. The number of methoxy groups -OCH3 is 1. The van der Waals surface area contributed by atoms with E-state index in [1.54, 1.807) is 35.7 Å². The molecule has 3 aromatic rings. The van der Waals surface area contributed by atoms with Crippen LogP contribution in [0.15, 0.2) is 57.8 Å². The molecule has 1 fully saturated rings. The van der Waals surface area contributed by atoms with Crippen molar-refractivity contribution in [3.63, 3.8) is 0 Å². The van der Waals surface area contributed by atoms with Crippen LogP contribution < -0.4 is 4.74 Å². The molecule has 0 spiro atoms. The lowest BCUT2D eigenvalue weighted by molar-refractivity contribution is 0.415. The first-order valence-corrected chi connectivity index (χ1v) is 11.1. The Morgan fingerprint density at radius 3 is 2.21 bits per heavy atom. The molecule has 2 aromatic carbocycles. The van der Waals surface area contributed by atoms with Crippen LogP contribution in [-0.2, 0) is 10.0 Å². The van der Waals surface area contributed by atoms with Crippen molar-refractivity contribution in [2.24, 2.45) is 0 Å². The van der Waals surface area contributed by atoms with Gasteiger partial charge in [-0.2, -0.15) is 4.31 Å². The number of hydrogen-bond donors (Lipinski definition) is 0. The van der Waals surface area contributed by atoms with E-state index in [2.05, 4.69) is 10.2 Å². The molecule has 0 saturated carbocycles. The highest BCUT2D eigenvalue weighted by molar-refractivity contribution is 7.89. The van der Waals surface area contributed by atoms with Crippen LogP contribution in [0.4, 0.5) is 0 Å². The summed E-state index contributed by atoms with van der Waals surface area (Å²) in [5.41, 5.74) is 1.34. The molecule has 1 saturated heterocycles. The minimum atomic E-state index is -3.54. The zero-order valence-electron chi connectivity index (χ0n) is 16.2. The molecule has 0 radical (unpaired) electrons. The minimum absolute atomic E-state index is 0.251. The third-order valence-electron chi connectivity index (χ3n) is 5.05. The summed E-state index contributed by atoms with van der Waals surface area (Å²) in [4.78, 5) is 0.251. The van der Waals surface area contributed by atoms with Crippen molar-refractivity contribution in [1.82, 2.24) is 14.5 Å². The number of aromatic nitrogens is 2. The molecule has 0 aliphatic carbocycles. The molecule has 152 valence electrons. The lowest BCUT2D eigenvalue weighted by Gasteiger charge is -2.20. The number of rotatable bonds is 5. The zero-order chi connectivity index (χ0) is 20.3. The van der Waals surface area contributed by atoms with Gasteiger partial charge in [-0.1, -0.05) is 18.9 Å². The van der Waals surface area contributed by atoms with Crippen molar-refractivity contribution in [2.75, 3.05) is 20.2 Å². The number of ether oxygens (including phenoxy) is 1. The average molecular weight is 413 g/mol. The third-order valence-corrected chi connectivity index (χ3v) is 6.94. The first-order valence-electron chi connectivity index (χ1n) is 9.66. The lowest BCUT2D eigenvalue weighted by Crippen LogP contribution is -2.31. The van der Waals surface area contributed by atoms with Crippen LogP contribution in [0.2, 0.25) is 0 Å². The predicted molar refractivity (Wildman–Crippen MR) is 109 cm³/mol. The molecule has 4 rings (SSSR count). The van der Waals surface area contributed by atoms with Crippen LogP contribution in [0.3, 0.4) is 0 Å². The molecule has 1 aromatic heterocycles. The van der Waals surface area contributed by atoms with Gasteiger partial charge >= 0.3 is 0 Å². The molecule has 0 atom stereocenters. The lowest BCUT2D eigenvalue weighted by atomic mass is 10.2. The number of benzene rings is 2. The number of hydrogen-bond acceptors (Lipinski definition) is 6. The Hall–Kier alpha value is -2.71. The van der Waals surface area contributed by atoms with Crippen molar-refractivity contribution < 1.29 is 17.6 Å². The quantitative estimate of drug-likeness (QED) is 0.629.